The molecule has 5 rings (SSSR count). The van der Waals surface area contributed by atoms with Gasteiger partial charge in [-0.3, -0.25) is 9.36 Å². The molecule has 0 N–H and O–H groups in total. The molecule has 0 spiro atoms. The lowest BCUT2D eigenvalue weighted by Crippen LogP contribution is -2.06. The van der Waals surface area contributed by atoms with Crippen LogP contribution >= 0.6 is 0 Å². The smallest absolute Gasteiger partial charge is 0.118 e. The number of aromatic nitrogens is 4. The summed E-state index contributed by atoms with van der Waals surface area (Å²) in [5.74, 6) is 1.67. The molecular formula is C32H34N4O2. The van der Waals surface area contributed by atoms with Crippen LogP contribution in [0, 0.1) is 0 Å². The first kappa shape index (κ1) is 25.3. The first-order valence-electron chi connectivity index (χ1n) is 13.0. The topological polar surface area (TPSA) is 54.1 Å². The second-order valence-electron chi connectivity index (χ2n) is 9.94. The molecule has 0 aliphatic carbocycles. The molecular weight excluding hydrogens is 472 g/mol. The van der Waals surface area contributed by atoms with E-state index in [1.807, 2.05) is 48.5 Å². The number of ether oxygens (including phenoxy) is 2. The summed E-state index contributed by atoms with van der Waals surface area (Å²) in [7, 11) is 3.36. The van der Waals surface area contributed by atoms with Crippen LogP contribution < -0.4 is 9.47 Å². The predicted molar refractivity (Wildman–Crippen MR) is 154 cm³/mol. The molecule has 0 unspecified atom stereocenters. The fourth-order valence-electron chi connectivity index (χ4n) is 4.65. The van der Waals surface area contributed by atoms with Gasteiger partial charge in [-0.2, -0.15) is 10.2 Å². The van der Waals surface area contributed by atoms with Gasteiger partial charge in [-0.25, -0.2) is 0 Å². The monoisotopic (exact) mass is 506 g/mol. The van der Waals surface area contributed by atoms with Crippen molar-refractivity contribution in [1.29, 1.82) is 0 Å². The van der Waals surface area contributed by atoms with Crippen molar-refractivity contribution in [2.45, 2.75) is 39.8 Å². The van der Waals surface area contributed by atoms with E-state index in [4.69, 9.17) is 19.7 Å². The number of rotatable bonds is 8. The zero-order chi connectivity index (χ0) is 26.8. The number of hydrogen-bond donors (Lipinski definition) is 0. The summed E-state index contributed by atoms with van der Waals surface area (Å²) in [5, 5.41) is 9.93. The molecule has 38 heavy (non-hydrogen) atoms. The van der Waals surface area contributed by atoms with Crippen LogP contribution in [0.4, 0.5) is 0 Å². The van der Waals surface area contributed by atoms with Gasteiger partial charge < -0.3 is 9.47 Å². The highest BCUT2D eigenvalue weighted by atomic mass is 16.5. The summed E-state index contributed by atoms with van der Waals surface area (Å²) in [6, 6.07) is 29.5. The zero-order valence-corrected chi connectivity index (χ0v) is 22.8. The Bertz CT molecular complexity index is 1410. The van der Waals surface area contributed by atoms with Crippen LogP contribution in [-0.4, -0.2) is 33.8 Å². The quantitative estimate of drug-likeness (QED) is 0.214. The minimum atomic E-state index is 0.212. The number of hydrogen-bond acceptors (Lipinski definition) is 4. The van der Waals surface area contributed by atoms with Crippen molar-refractivity contribution in [3.05, 3.63) is 84.9 Å². The Kier molecular flexibility index (Phi) is 7.05. The molecule has 6 nitrogen and oxygen atoms in total. The normalized spacial score (nSPS) is 11.4. The first-order valence-corrected chi connectivity index (χ1v) is 13.0. The van der Waals surface area contributed by atoms with Gasteiger partial charge >= 0.3 is 0 Å². The Labute approximate surface area is 224 Å². The Morgan fingerprint density at radius 1 is 0.526 bits per heavy atom. The van der Waals surface area contributed by atoms with Crippen LogP contribution in [0.2, 0.25) is 0 Å². The Morgan fingerprint density at radius 3 is 1.26 bits per heavy atom. The number of nitrogens with zero attached hydrogens (tertiary/aromatic N) is 4. The average molecular weight is 507 g/mol. The van der Waals surface area contributed by atoms with Gasteiger partial charge in [0.25, 0.3) is 0 Å². The van der Waals surface area contributed by atoms with E-state index in [0.29, 0.717) is 0 Å². The fraction of sp³-hybridized carbons (Fsp3) is 0.250. The van der Waals surface area contributed by atoms with E-state index in [1.165, 1.54) is 0 Å². The van der Waals surface area contributed by atoms with Gasteiger partial charge in [0, 0.05) is 34.3 Å². The molecule has 0 aliphatic rings. The predicted octanol–water partition coefficient (Wildman–Crippen LogP) is 7.93. The van der Waals surface area contributed by atoms with Gasteiger partial charge in [0.05, 0.1) is 37.0 Å². The SMILES string of the molecule is COc1ccc(-c2cc(-c3cccc(-c4cc(-c5ccc(OC)cc5)nn4C(C)C)c3)n(C(C)C)n2)cc1. The molecule has 6 heteroatoms. The summed E-state index contributed by atoms with van der Waals surface area (Å²) in [6.45, 7) is 8.64. The van der Waals surface area contributed by atoms with Gasteiger partial charge in [0.1, 0.15) is 11.5 Å². The summed E-state index contributed by atoms with van der Waals surface area (Å²) in [4.78, 5) is 0. The summed E-state index contributed by atoms with van der Waals surface area (Å²) in [6.07, 6.45) is 0. The molecule has 194 valence electrons. The summed E-state index contributed by atoms with van der Waals surface area (Å²) < 4.78 is 14.8. The van der Waals surface area contributed by atoms with E-state index in [-0.39, 0.29) is 12.1 Å². The van der Waals surface area contributed by atoms with Crippen molar-refractivity contribution >= 4 is 0 Å². The van der Waals surface area contributed by atoms with Crippen LogP contribution in [0.1, 0.15) is 39.8 Å². The van der Waals surface area contributed by atoms with Crippen molar-refractivity contribution in [3.8, 4) is 56.5 Å². The van der Waals surface area contributed by atoms with Crippen LogP contribution in [0.25, 0.3) is 45.0 Å². The lowest BCUT2D eigenvalue weighted by Gasteiger charge is -2.14. The fourth-order valence-corrected chi connectivity index (χ4v) is 4.65. The van der Waals surface area contributed by atoms with Crippen LogP contribution in [0.5, 0.6) is 11.5 Å². The van der Waals surface area contributed by atoms with Gasteiger partial charge in [0.15, 0.2) is 0 Å². The minimum absolute atomic E-state index is 0.212. The largest absolute Gasteiger partial charge is 0.497 e. The molecule has 0 bridgehead atoms. The maximum Gasteiger partial charge on any atom is 0.118 e. The average Bonchev–Trinajstić information content (AvgIpc) is 3.59. The molecule has 0 atom stereocenters. The molecule has 0 radical (unpaired) electrons. The molecule has 0 aliphatic heterocycles. The van der Waals surface area contributed by atoms with Crippen molar-refractivity contribution in [2.24, 2.45) is 0 Å². The highest BCUT2D eigenvalue weighted by molar-refractivity contribution is 5.75. The third-order valence-corrected chi connectivity index (χ3v) is 6.68. The van der Waals surface area contributed by atoms with E-state index in [1.54, 1.807) is 14.2 Å². The number of benzene rings is 3. The second-order valence-corrected chi connectivity index (χ2v) is 9.94. The van der Waals surface area contributed by atoms with Crippen LogP contribution in [0.3, 0.4) is 0 Å². The van der Waals surface area contributed by atoms with Crippen LogP contribution in [0.15, 0.2) is 84.9 Å². The molecule has 5 aromatic rings. The third kappa shape index (κ3) is 4.94. The van der Waals surface area contributed by atoms with E-state index in [0.717, 1.165) is 56.5 Å². The van der Waals surface area contributed by atoms with E-state index in [2.05, 4.69) is 73.5 Å². The highest BCUT2D eigenvalue weighted by Gasteiger charge is 2.17. The van der Waals surface area contributed by atoms with E-state index < -0.39 is 0 Å². The molecule has 0 saturated carbocycles. The number of methoxy groups -OCH3 is 2. The minimum Gasteiger partial charge on any atom is -0.497 e. The maximum atomic E-state index is 5.33. The molecule has 0 saturated heterocycles. The third-order valence-electron chi connectivity index (χ3n) is 6.68. The van der Waals surface area contributed by atoms with Crippen molar-refractivity contribution in [3.63, 3.8) is 0 Å². The summed E-state index contributed by atoms with van der Waals surface area (Å²) >= 11 is 0. The summed E-state index contributed by atoms with van der Waals surface area (Å²) in [5.41, 5.74) is 8.40. The molecule has 2 heterocycles. The van der Waals surface area contributed by atoms with Gasteiger partial charge in [-0.05, 0) is 94.4 Å². The first-order chi connectivity index (χ1) is 18.4. The van der Waals surface area contributed by atoms with Crippen LogP contribution in [-0.2, 0) is 0 Å². The van der Waals surface area contributed by atoms with Crippen molar-refractivity contribution in [2.75, 3.05) is 14.2 Å². The maximum absolute atomic E-state index is 5.33. The highest BCUT2D eigenvalue weighted by Crippen LogP contribution is 2.34. The van der Waals surface area contributed by atoms with Gasteiger partial charge in [0.2, 0.25) is 0 Å². The van der Waals surface area contributed by atoms with Crippen molar-refractivity contribution < 1.29 is 9.47 Å². The van der Waals surface area contributed by atoms with Crippen molar-refractivity contribution in [1.82, 2.24) is 19.6 Å². The Balaban J connectivity index is 1.56. The standard InChI is InChI=1S/C32H34N4O2/c1-21(2)35-31(19-29(33-35)23-10-14-27(37-5)15-11-23)25-8-7-9-26(18-25)32-20-30(34-36(32)22(3)4)24-12-16-28(38-6)17-13-24/h7-22H,1-6H3. The Hall–Kier alpha value is -4.32. The van der Waals surface area contributed by atoms with Gasteiger partial charge in [-0.1, -0.05) is 18.2 Å². The lowest BCUT2D eigenvalue weighted by molar-refractivity contribution is 0.414. The zero-order valence-electron chi connectivity index (χ0n) is 22.8. The van der Waals surface area contributed by atoms with E-state index in [9.17, 15) is 0 Å². The second kappa shape index (κ2) is 10.6. The molecule has 3 aromatic carbocycles. The Morgan fingerprint density at radius 2 is 0.921 bits per heavy atom. The lowest BCUT2D eigenvalue weighted by atomic mass is 10.0. The molecule has 2 aromatic heterocycles. The molecule has 0 fully saturated rings. The molecule has 0 amide bonds. The van der Waals surface area contributed by atoms with Gasteiger partial charge in [-0.15, -0.1) is 0 Å². The van der Waals surface area contributed by atoms with E-state index >= 15 is 0 Å².